The van der Waals surface area contributed by atoms with Gasteiger partial charge in [-0.2, -0.15) is 0 Å². The second-order valence-corrected chi connectivity index (χ2v) is 14.7. The number of hydrogen-bond acceptors (Lipinski definition) is 7. The monoisotopic (exact) mass is 690 g/mol. The number of esters is 2. The predicted molar refractivity (Wildman–Crippen MR) is 201 cm³/mol. The zero-order valence-electron chi connectivity index (χ0n) is 31.2. The maximum Gasteiger partial charge on any atom is 0.333 e. The van der Waals surface area contributed by atoms with Crippen molar-refractivity contribution < 1.29 is 34.0 Å². The molecule has 7 heteroatoms. The summed E-state index contributed by atoms with van der Waals surface area (Å²) in [5.41, 5.74) is 5.65. The molecule has 1 aliphatic carbocycles. The van der Waals surface area contributed by atoms with E-state index in [0.717, 1.165) is 33.9 Å². The van der Waals surface area contributed by atoms with E-state index in [4.69, 9.17) is 14.2 Å². The van der Waals surface area contributed by atoms with E-state index >= 15 is 0 Å². The Kier molecular flexibility index (Phi) is 17.3. The molecule has 3 rings (SSSR count). The van der Waals surface area contributed by atoms with E-state index in [0.29, 0.717) is 55.8 Å². The highest BCUT2D eigenvalue weighted by Gasteiger charge is 2.24. The molecule has 0 aromatic heterocycles. The van der Waals surface area contributed by atoms with Crippen LogP contribution in [0.15, 0.2) is 60.7 Å². The molecule has 0 bridgehead atoms. The van der Waals surface area contributed by atoms with Crippen LogP contribution in [-0.4, -0.2) is 55.2 Å². The first-order valence-corrected chi connectivity index (χ1v) is 18.8. The van der Waals surface area contributed by atoms with Gasteiger partial charge in [0.15, 0.2) is 0 Å². The molecule has 0 unspecified atom stereocenters. The van der Waals surface area contributed by atoms with Gasteiger partial charge < -0.3 is 24.4 Å². The fourth-order valence-electron chi connectivity index (χ4n) is 6.60. The summed E-state index contributed by atoms with van der Waals surface area (Å²) in [4.78, 5) is 24.1. The van der Waals surface area contributed by atoms with Crippen LogP contribution in [0, 0.1) is 11.3 Å². The largest absolute Gasteiger partial charge is 0.493 e. The average Bonchev–Trinajstić information content (AvgIpc) is 3.12. The van der Waals surface area contributed by atoms with Crippen molar-refractivity contribution >= 4 is 11.9 Å². The van der Waals surface area contributed by atoms with Gasteiger partial charge in [-0.3, -0.25) is 0 Å². The van der Waals surface area contributed by atoms with Gasteiger partial charge in [0.2, 0.25) is 0 Å². The Hall–Kier alpha value is -3.42. The van der Waals surface area contributed by atoms with Crippen molar-refractivity contribution in [3.63, 3.8) is 0 Å². The lowest BCUT2D eigenvalue weighted by molar-refractivity contribution is -0.139. The third-order valence-electron chi connectivity index (χ3n) is 10.1. The number of rotatable bonds is 22. The van der Waals surface area contributed by atoms with Gasteiger partial charge in [-0.25, -0.2) is 9.59 Å². The Balaban J connectivity index is 1.87. The van der Waals surface area contributed by atoms with Crippen LogP contribution in [0.4, 0.5) is 0 Å². The van der Waals surface area contributed by atoms with Crippen molar-refractivity contribution in [2.45, 2.75) is 117 Å². The minimum atomic E-state index is -0.663. The molecule has 1 aliphatic rings. The van der Waals surface area contributed by atoms with E-state index in [1.54, 1.807) is 13.8 Å². The smallest absolute Gasteiger partial charge is 0.333 e. The molecule has 1 fully saturated rings. The first kappa shape index (κ1) is 41.0. The van der Waals surface area contributed by atoms with Crippen LogP contribution >= 0.6 is 0 Å². The number of aryl methyl sites for hydroxylation is 2. The maximum atomic E-state index is 12.0. The Labute approximate surface area is 301 Å². The van der Waals surface area contributed by atoms with Crippen molar-refractivity contribution in [1.29, 1.82) is 0 Å². The zero-order chi connectivity index (χ0) is 36.5. The lowest BCUT2D eigenvalue weighted by Gasteiger charge is -2.29. The number of carbonyl (C=O) groups is 2. The van der Waals surface area contributed by atoms with Crippen molar-refractivity contribution in [1.82, 2.24) is 0 Å². The Morgan fingerprint density at radius 1 is 0.780 bits per heavy atom. The number of hydrogen-bond donors (Lipinski definition) is 2. The Bertz CT molecular complexity index is 1330. The highest BCUT2D eigenvalue weighted by atomic mass is 16.5. The molecular formula is C43H62O7. The lowest BCUT2D eigenvalue weighted by atomic mass is 9.77. The summed E-state index contributed by atoms with van der Waals surface area (Å²) < 4.78 is 17.3. The molecule has 7 nitrogen and oxygen atoms in total. The summed E-state index contributed by atoms with van der Waals surface area (Å²) in [5.74, 6) is 1.43. The number of aliphatic hydroxyl groups is 2. The van der Waals surface area contributed by atoms with Gasteiger partial charge in [-0.05, 0) is 123 Å². The molecule has 0 heterocycles. The molecule has 50 heavy (non-hydrogen) atoms. The molecule has 0 radical (unpaired) electrons. The number of aliphatic hydroxyl groups excluding tert-OH is 2. The third-order valence-corrected chi connectivity index (χ3v) is 10.1. The molecule has 1 saturated carbocycles. The number of unbranched alkanes of at least 4 members (excludes halogenated alkanes) is 2. The fourth-order valence-corrected chi connectivity index (χ4v) is 6.60. The average molecular weight is 691 g/mol. The topological polar surface area (TPSA) is 102 Å². The molecule has 0 spiro atoms. The quantitative estimate of drug-likeness (QED) is 0.0722. The summed E-state index contributed by atoms with van der Waals surface area (Å²) in [6.45, 7) is 15.2. The Morgan fingerprint density at radius 3 is 1.80 bits per heavy atom. The molecule has 0 atom stereocenters. The third kappa shape index (κ3) is 13.0. The van der Waals surface area contributed by atoms with Crippen LogP contribution in [0.1, 0.15) is 121 Å². The van der Waals surface area contributed by atoms with Crippen molar-refractivity contribution in [3.8, 4) is 16.9 Å². The minimum Gasteiger partial charge on any atom is -0.493 e. The zero-order valence-corrected chi connectivity index (χ0v) is 31.2. The Morgan fingerprint density at radius 2 is 1.32 bits per heavy atom. The van der Waals surface area contributed by atoms with E-state index in [-0.39, 0.29) is 26.4 Å². The molecule has 0 aliphatic heterocycles. The molecule has 0 amide bonds. The van der Waals surface area contributed by atoms with Crippen molar-refractivity contribution in [3.05, 3.63) is 77.4 Å². The van der Waals surface area contributed by atoms with Crippen molar-refractivity contribution in [2.24, 2.45) is 11.3 Å². The fraction of sp³-hybridized carbons (Fsp3) is 0.581. The van der Waals surface area contributed by atoms with Gasteiger partial charge in [-0.1, -0.05) is 77.0 Å². The second-order valence-electron chi connectivity index (χ2n) is 14.7. The molecule has 2 aromatic carbocycles. The summed E-state index contributed by atoms with van der Waals surface area (Å²) in [7, 11) is 0. The van der Waals surface area contributed by atoms with Crippen LogP contribution in [0.2, 0.25) is 0 Å². The molecule has 2 N–H and O–H groups in total. The van der Waals surface area contributed by atoms with Crippen LogP contribution in [0.5, 0.6) is 5.75 Å². The molecular weight excluding hydrogens is 628 g/mol. The van der Waals surface area contributed by atoms with E-state index < -0.39 is 17.4 Å². The normalized spacial score (nSPS) is 16.1. The number of benzene rings is 2. The van der Waals surface area contributed by atoms with Crippen LogP contribution in [0.3, 0.4) is 0 Å². The molecule has 0 saturated heterocycles. The van der Waals surface area contributed by atoms with Gasteiger partial charge in [0.05, 0.1) is 33.0 Å². The van der Waals surface area contributed by atoms with Gasteiger partial charge >= 0.3 is 11.9 Å². The highest BCUT2D eigenvalue weighted by molar-refractivity contribution is 5.87. The summed E-state index contributed by atoms with van der Waals surface area (Å²) in [6, 6.07) is 13.4. The first-order chi connectivity index (χ1) is 24.0. The van der Waals surface area contributed by atoms with E-state index in [1.807, 2.05) is 6.92 Å². The SMILES string of the molecule is C=C(C)C(=O)OCCCc1cc(-c2ccc(C3CCC(CCCCC)CC3)cc2)cc(CCCOC(=O)C(=C)C)c1OCCC(C)(CO)CO. The minimum absolute atomic E-state index is 0.149. The maximum absolute atomic E-state index is 12.0. The lowest BCUT2D eigenvalue weighted by Crippen LogP contribution is -2.28. The highest BCUT2D eigenvalue weighted by Crippen LogP contribution is 2.39. The van der Waals surface area contributed by atoms with E-state index in [1.165, 1.54) is 56.9 Å². The number of ether oxygens (including phenoxy) is 3. The predicted octanol–water partition coefficient (Wildman–Crippen LogP) is 9.07. The van der Waals surface area contributed by atoms with Crippen LogP contribution < -0.4 is 4.74 Å². The van der Waals surface area contributed by atoms with Gasteiger partial charge in [0.25, 0.3) is 0 Å². The standard InChI is InChI=1S/C43H62O7/c1-7-8-9-12-33-15-17-34(18-16-33)35-19-21-36(22-20-35)39-27-37(13-10-24-49-41(46)31(2)3)40(48-26-23-43(6,29-44)30-45)38(28-39)14-11-25-50-42(47)32(4)5/h19-22,27-28,33-34,44-45H,2,4,7-18,23-26,29-30H2,1,3,5-6H3. The van der Waals surface area contributed by atoms with E-state index in [9.17, 15) is 19.8 Å². The molecule has 2 aromatic rings. The summed E-state index contributed by atoms with van der Waals surface area (Å²) >= 11 is 0. The van der Waals surface area contributed by atoms with Gasteiger partial charge in [0, 0.05) is 16.6 Å². The van der Waals surface area contributed by atoms with Crippen LogP contribution in [-0.2, 0) is 31.9 Å². The van der Waals surface area contributed by atoms with Crippen molar-refractivity contribution in [2.75, 3.05) is 33.0 Å². The number of carbonyl (C=O) groups excluding carboxylic acids is 2. The van der Waals surface area contributed by atoms with Gasteiger partial charge in [0.1, 0.15) is 5.75 Å². The van der Waals surface area contributed by atoms with Gasteiger partial charge in [-0.15, -0.1) is 0 Å². The summed E-state index contributed by atoms with van der Waals surface area (Å²) in [6.07, 6.45) is 13.4. The first-order valence-electron chi connectivity index (χ1n) is 18.8. The molecule has 276 valence electrons. The van der Waals surface area contributed by atoms with Crippen LogP contribution in [0.25, 0.3) is 11.1 Å². The van der Waals surface area contributed by atoms with E-state index in [2.05, 4.69) is 56.5 Å². The summed E-state index contributed by atoms with van der Waals surface area (Å²) in [5, 5.41) is 19.7. The second kappa shape index (κ2) is 21.1.